The largest absolute Gasteiger partial charge is 0.382 e. The molecule has 5 rings (SSSR count). The molecule has 1 aliphatic rings. The van der Waals surface area contributed by atoms with Gasteiger partial charge in [0.2, 0.25) is 0 Å². The highest BCUT2D eigenvalue weighted by Crippen LogP contribution is 2.45. The predicted octanol–water partition coefficient (Wildman–Crippen LogP) is 3.88. The molecule has 1 saturated carbocycles. The van der Waals surface area contributed by atoms with Crippen molar-refractivity contribution in [1.82, 2.24) is 14.4 Å². The number of pyridine rings is 2. The number of nitrogens with zero attached hydrogens (tertiary/aromatic N) is 4. The Morgan fingerprint density at radius 1 is 1.18 bits per heavy atom. The molecule has 0 spiro atoms. The molecule has 164 valence electrons. The molecule has 33 heavy (non-hydrogen) atoms. The molecule has 0 radical (unpaired) electrons. The number of anilines is 2. The lowest BCUT2D eigenvalue weighted by molar-refractivity contribution is 0.618. The van der Waals surface area contributed by atoms with Crippen LogP contribution in [-0.4, -0.2) is 20.9 Å². The van der Waals surface area contributed by atoms with Gasteiger partial charge in [-0.1, -0.05) is 30.3 Å². The van der Waals surface area contributed by atoms with Crippen LogP contribution in [-0.2, 0) is 6.42 Å². The number of nitriles is 1. The maximum absolute atomic E-state index is 14.1. The van der Waals surface area contributed by atoms with Gasteiger partial charge in [-0.3, -0.25) is 9.20 Å². The van der Waals surface area contributed by atoms with Crippen LogP contribution in [0.3, 0.4) is 0 Å². The van der Waals surface area contributed by atoms with E-state index >= 15 is 0 Å². The zero-order chi connectivity index (χ0) is 22.9. The van der Waals surface area contributed by atoms with E-state index in [1.54, 1.807) is 6.07 Å². The summed E-state index contributed by atoms with van der Waals surface area (Å²) in [5.74, 6) is 0.349. The number of nitrogens with two attached hydrogens (primary N) is 1. The fraction of sp³-hybridized carbons (Fsp3) is 0.200. The molecule has 0 atom stereocenters. The Morgan fingerprint density at radius 2 is 1.97 bits per heavy atom. The Kier molecular flexibility index (Phi) is 5.23. The van der Waals surface area contributed by atoms with E-state index in [0.717, 1.165) is 35.0 Å². The number of hydrogen-bond donors (Lipinski definition) is 2. The topological polar surface area (TPSA) is 109 Å². The third-order valence-electron chi connectivity index (χ3n) is 5.95. The number of aromatic nitrogens is 3. The minimum atomic E-state index is -0.454. The summed E-state index contributed by atoms with van der Waals surface area (Å²) in [5, 5.41) is 12.6. The molecule has 8 heteroatoms. The van der Waals surface area contributed by atoms with E-state index in [2.05, 4.69) is 15.3 Å². The van der Waals surface area contributed by atoms with Crippen LogP contribution in [0.5, 0.6) is 0 Å². The average Bonchev–Trinajstić information content (AvgIpc) is 3.66. The summed E-state index contributed by atoms with van der Waals surface area (Å²) in [6.07, 6.45) is 5.15. The molecule has 1 aromatic carbocycles. The molecule has 1 aliphatic carbocycles. The normalized spacial score (nSPS) is 13.1. The van der Waals surface area contributed by atoms with Crippen LogP contribution >= 0.6 is 0 Å². The molecule has 0 aliphatic heterocycles. The Labute approximate surface area is 189 Å². The van der Waals surface area contributed by atoms with Crippen molar-refractivity contribution in [3.63, 3.8) is 0 Å². The third kappa shape index (κ3) is 3.78. The highest BCUT2D eigenvalue weighted by molar-refractivity contribution is 5.75. The Balaban J connectivity index is 1.64. The van der Waals surface area contributed by atoms with Crippen LogP contribution in [0.25, 0.3) is 16.6 Å². The third-order valence-corrected chi connectivity index (χ3v) is 5.95. The molecule has 3 aromatic heterocycles. The first-order valence-corrected chi connectivity index (χ1v) is 10.7. The van der Waals surface area contributed by atoms with Gasteiger partial charge in [0.25, 0.3) is 5.56 Å². The summed E-state index contributed by atoms with van der Waals surface area (Å²) in [6.45, 7) is 0.432. The summed E-state index contributed by atoms with van der Waals surface area (Å²) in [7, 11) is 0. The van der Waals surface area contributed by atoms with Gasteiger partial charge in [-0.2, -0.15) is 5.26 Å². The van der Waals surface area contributed by atoms with Crippen molar-refractivity contribution in [2.24, 2.45) is 0 Å². The van der Waals surface area contributed by atoms with Crippen molar-refractivity contribution in [2.45, 2.75) is 25.2 Å². The van der Waals surface area contributed by atoms with Gasteiger partial charge in [0.1, 0.15) is 35.4 Å². The van der Waals surface area contributed by atoms with E-state index in [9.17, 15) is 14.4 Å². The number of rotatable bonds is 6. The first-order chi connectivity index (χ1) is 16.1. The van der Waals surface area contributed by atoms with Gasteiger partial charge < -0.3 is 11.1 Å². The first kappa shape index (κ1) is 20.6. The highest BCUT2D eigenvalue weighted by atomic mass is 19.1. The summed E-state index contributed by atoms with van der Waals surface area (Å²) in [5.41, 5.74) is 9.86. The number of fused-ring (bicyclic) bond motifs is 1. The van der Waals surface area contributed by atoms with Crippen LogP contribution in [0.1, 0.15) is 35.4 Å². The lowest BCUT2D eigenvalue weighted by Crippen LogP contribution is -2.22. The van der Waals surface area contributed by atoms with Crippen LogP contribution in [0.15, 0.2) is 59.8 Å². The van der Waals surface area contributed by atoms with Crippen LogP contribution in [0.4, 0.5) is 16.0 Å². The van der Waals surface area contributed by atoms with Gasteiger partial charge in [0.05, 0.1) is 11.1 Å². The Morgan fingerprint density at radius 3 is 2.70 bits per heavy atom. The van der Waals surface area contributed by atoms with Gasteiger partial charge in [-0.15, -0.1) is 0 Å². The molecule has 0 amide bonds. The molecular formula is C25H21FN6O. The molecule has 3 N–H and O–H groups in total. The second-order valence-electron chi connectivity index (χ2n) is 8.09. The molecule has 7 nitrogen and oxygen atoms in total. The fourth-order valence-electron chi connectivity index (χ4n) is 4.34. The fourth-order valence-corrected chi connectivity index (χ4v) is 4.34. The zero-order valence-corrected chi connectivity index (χ0v) is 17.8. The molecular weight excluding hydrogens is 419 g/mol. The van der Waals surface area contributed by atoms with E-state index in [4.69, 9.17) is 5.73 Å². The minimum absolute atomic E-state index is 0.115. The zero-order valence-electron chi connectivity index (χ0n) is 17.8. The van der Waals surface area contributed by atoms with Crippen molar-refractivity contribution in [1.29, 1.82) is 5.26 Å². The van der Waals surface area contributed by atoms with Crippen molar-refractivity contribution in [3.05, 3.63) is 87.9 Å². The van der Waals surface area contributed by atoms with Crippen LogP contribution < -0.4 is 16.6 Å². The lowest BCUT2D eigenvalue weighted by atomic mass is 9.91. The van der Waals surface area contributed by atoms with Crippen LogP contribution in [0.2, 0.25) is 0 Å². The molecule has 1 fully saturated rings. The van der Waals surface area contributed by atoms with E-state index < -0.39 is 5.82 Å². The second-order valence-corrected chi connectivity index (χ2v) is 8.09. The van der Waals surface area contributed by atoms with Crippen LogP contribution in [0, 0.1) is 17.1 Å². The summed E-state index contributed by atoms with van der Waals surface area (Å²) >= 11 is 0. The lowest BCUT2D eigenvalue weighted by Gasteiger charge is -2.19. The number of hydrogen-bond acceptors (Lipinski definition) is 6. The number of nitrogens with one attached hydrogen (secondary N) is 1. The van der Waals surface area contributed by atoms with Crippen molar-refractivity contribution in [2.75, 3.05) is 17.6 Å². The van der Waals surface area contributed by atoms with Gasteiger partial charge >= 0.3 is 0 Å². The smallest absolute Gasteiger partial charge is 0.263 e. The number of halogens is 1. The van der Waals surface area contributed by atoms with E-state index in [0.29, 0.717) is 30.3 Å². The van der Waals surface area contributed by atoms with E-state index in [1.165, 1.54) is 23.0 Å². The average molecular weight is 440 g/mol. The maximum atomic E-state index is 14.1. The maximum Gasteiger partial charge on any atom is 0.263 e. The quantitative estimate of drug-likeness (QED) is 0.471. The van der Waals surface area contributed by atoms with Crippen molar-refractivity contribution < 1.29 is 4.39 Å². The molecule has 4 aromatic rings. The molecule has 3 heterocycles. The second kappa shape index (κ2) is 8.36. The number of benzene rings is 1. The van der Waals surface area contributed by atoms with Gasteiger partial charge in [0.15, 0.2) is 0 Å². The predicted molar refractivity (Wildman–Crippen MR) is 124 cm³/mol. The van der Waals surface area contributed by atoms with E-state index in [1.807, 2.05) is 36.4 Å². The molecule has 0 unspecified atom stereocenters. The van der Waals surface area contributed by atoms with Crippen molar-refractivity contribution >= 4 is 17.2 Å². The molecule has 0 saturated heterocycles. The van der Waals surface area contributed by atoms with E-state index in [-0.39, 0.29) is 16.9 Å². The monoisotopic (exact) mass is 440 g/mol. The van der Waals surface area contributed by atoms with Gasteiger partial charge in [-0.05, 0) is 54.0 Å². The Bertz CT molecular complexity index is 1450. The summed E-state index contributed by atoms with van der Waals surface area (Å²) in [4.78, 5) is 21.6. The standard InChI is InChI=1S/C25H21FN6O/c26-17-8-9-20-21(16-6-7-16)18(10-11-29-24-19(12-27)23(28)30-14-31-24)22(25(33)32(20)13-17)15-4-2-1-3-5-15/h1-5,8-9,13-14,16H,6-7,10-11H2,(H3,28,29,30,31). The first-order valence-electron chi connectivity index (χ1n) is 10.7. The molecule has 0 bridgehead atoms. The van der Waals surface area contributed by atoms with Crippen molar-refractivity contribution in [3.8, 4) is 17.2 Å². The van der Waals surface area contributed by atoms with Gasteiger partial charge in [0, 0.05) is 12.7 Å². The Hall–Kier alpha value is -4.25. The number of nitrogen functional groups attached to an aromatic ring is 1. The summed E-state index contributed by atoms with van der Waals surface area (Å²) < 4.78 is 15.5. The minimum Gasteiger partial charge on any atom is -0.382 e. The summed E-state index contributed by atoms with van der Waals surface area (Å²) in [6, 6.07) is 14.6. The van der Waals surface area contributed by atoms with Gasteiger partial charge in [-0.25, -0.2) is 14.4 Å². The SMILES string of the molecule is N#Cc1c(N)ncnc1NCCc1c(-c2ccccc2)c(=O)n2cc(F)ccc2c1C1CC1. The highest BCUT2D eigenvalue weighted by Gasteiger charge is 2.31.